The molecule has 0 aromatic heterocycles. The molecule has 0 bridgehead atoms. The second kappa shape index (κ2) is 10.2. The van der Waals surface area contributed by atoms with Crippen LogP contribution in [0.1, 0.15) is 64.7 Å². The first-order valence-corrected chi connectivity index (χ1v) is 12.6. The largest absolute Gasteiger partial charge is 0.489 e. The third kappa shape index (κ3) is 4.86. The first-order chi connectivity index (χ1) is 17.4. The topological polar surface area (TPSA) is 78.9 Å². The van der Waals surface area contributed by atoms with Crippen LogP contribution in [0.2, 0.25) is 0 Å². The Hall–Kier alpha value is -3.64. The summed E-state index contributed by atoms with van der Waals surface area (Å²) in [7, 11) is 0. The normalized spacial score (nSPS) is 18.8. The van der Waals surface area contributed by atoms with Crippen LogP contribution in [0.3, 0.4) is 0 Å². The molecule has 1 fully saturated rings. The molecular formula is C30H32N2O4. The number of carboxylic acids is 1. The van der Waals surface area contributed by atoms with Crippen molar-refractivity contribution in [2.45, 2.75) is 44.2 Å². The summed E-state index contributed by atoms with van der Waals surface area (Å²) in [5, 5.41) is 12.8. The smallest absolute Gasteiger partial charge is 0.335 e. The average Bonchev–Trinajstić information content (AvgIpc) is 3.05. The van der Waals surface area contributed by atoms with Crippen LogP contribution in [0, 0.1) is 0 Å². The molecule has 3 aromatic rings. The lowest BCUT2D eigenvalue weighted by atomic mass is 9.80. The molecule has 2 heterocycles. The van der Waals surface area contributed by atoms with Gasteiger partial charge in [0.25, 0.3) is 0 Å². The van der Waals surface area contributed by atoms with Gasteiger partial charge in [0.2, 0.25) is 5.91 Å². The first-order valence-electron chi connectivity index (χ1n) is 12.6. The summed E-state index contributed by atoms with van der Waals surface area (Å²) >= 11 is 0. The fourth-order valence-corrected chi connectivity index (χ4v) is 5.77. The van der Waals surface area contributed by atoms with E-state index in [1.165, 1.54) is 5.56 Å². The summed E-state index contributed by atoms with van der Waals surface area (Å²) < 4.78 is 6.10. The number of hydrogen-bond donors (Lipinski definition) is 2. The Morgan fingerprint density at radius 3 is 2.44 bits per heavy atom. The van der Waals surface area contributed by atoms with Crippen LogP contribution in [0.4, 0.5) is 0 Å². The molecule has 36 heavy (non-hydrogen) atoms. The Bertz CT molecular complexity index is 1250. The molecule has 0 spiro atoms. The van der Waals surface area contributed by atoms with Crippen LogP contribution in [0.5, 0.6) is 5.75 Å². The van der Waals surface area contributed by atoms with Gasteiger partial charge in [-0.15, -0.1) is 0 Å². The fraction of sp³-hybridized carbons (Fsp3) is 0.333. The maximum absolute atomic E-state index is 12.1. The van der Waals surface area contributed by atoms with Gasteiger partial charge in [-0.05, 0) is 60.7 Å². The number of benzene rings is 3. The highest BCUT2D eigenvalue weighted by molar-refractivity contribution is 5.88. The fourth-order valence-electron chi connectivity index (χ4n) is 5.77. The van der Waals surface area contributed by atoms with E-state index in [-0.39, 0.29) is 22.9 Å². The number of likely N-dealkylation sites (tertiary alicyclic amines) is 1. The third-order valence-corrected chi connectivity index (χ3v) is 7.63. The molecule has 2 aliphatic heterocycles. The number of aromatic carboxylic acids is 1. The Morgan fingerprint density at radius 2 is 1.72 bits per heavy atom. The summed E-state index contributed by atoms with van der Waals surface area (Å²) in [5.74, 6) is -0.128. The number of rotatable bonds is 6. The number of fused-ring (bicyclic) bond motifs is 2. The summed E-state index contributed by atoms with van der Waals surface area (Å²) in [6.45, 7) is 4.70. The lowest BCUT2D eigenvalue weighted by Crippen LogP contribution is -2.52. The number of amides is 1. The van der Waals surface area contributed by atoms with Crippen molar-refractivity contribution in [3.8, 4) is 5.75 Å². The van der Waals surface area contributed by atoms with E-state index in [0.29, 0.717) is 6.61 Å². The molecule has 186 valence electrons. The number of carbonyl (C=O) groups excluding carboxylic acids is 1. The summed E-state index contributed by atoms with van der Waals surface area (Å²) in [5.41, 5.74) is 4.38. The van der Waals surface area contributed by atoms with E-state index >= 15 is 0 Å². The van der Waals surface area contributed by atoms with Gasteiger partial charge < -0.3 is 20.1 Å². The van der Waals surface area contributed by atoms with Gasteiger partial charge in [0.15, 0.2) is 0 Å². The van der Waals surface area contributed by atoms with Gasteiger partial charge in [-0.2, -0.15) is 0 Å². The van der Waals surface area contributed by atoms with Crippen molar-refractivity contribution in [2.75, 3.05) is 19.6 Å². The highest BCUT2D eigenvalue weighted by Gasteiger charge is 2.37. The number of hydrogen-bond acceptors (Lipinski definition) is 4. The molecule has 1 saturated heterocycles. The van der Waals surface area contributed by atoms with E-state index in [1.807, 2.05) is 30.3 Å². The molecule has 0 saturated carbocycles. The van der Waals surface area contributed by atoms with Crippen molar-refractivity contribution in [2.24, 2.45) is 0 Å². The second-order valence-electron chi connectivity index (χ2n) is 9.86. The van der Waals surface area contributed by atoms with Crippen molar-refractivity contribution in [3.05, 3.63) is 101 Å². The highest BCUT2D eigenvalue weighted by atomic mass is 16.5. The van der Waals surface area contributed by atoms with E-state index in [1.54, 1.807) is 25.1 Å². The predicted octanol–water partition coefficient (Wildman–Crippen LogP) is 4.93. The van der Waals surface area contributed by atoms with Crippen LogP contribution in [0.15, 0.2) is 72.8 Å². The lowest BCUT2D eigenvalue weighted by molar-refractivity contribution is -0.121. The van der Waals surface area contributed by atoms with Gasteiger partial charge in [-0.25, -0.2) is 4.79 Å². The maximum Gasteiger partial charge on any atom is 0.335 e. The zero-order chi connectivity index (χ0) is 25.1. The van der Waals surface area contributed by atoms with Crippen LogP contribution < -0.4 is 10.1 Å². The number of piperidine rings is 1. The third-order valence-electron chi connectivity index (χ3n) is 7.63. The predicted molar refractivity (Wildman–Crippen MR) is 138 cm³/mol. The van der Waals surface area contributed by atoms with Crippen molar-refractivity contribution in [1.82, 2.24) is 10.2 Å². The summed E-state index contributed by atoms with van der Waals surface area (Å²) in [6.07, 6.45) is 2.55. The minimum absolute atomic E-state index is 0.00629. The minimum Gasteiger partial charge on any atom is -0.489 e. The van der Waals surface area contributed by atoms with E-state index in [2.05, 4.69) is 34.5 Å². The summed E-state index contributed by atoms with van der Waals surface area (Å²) in [4.78, 5) is 26.2. The molecule has 1 amide bonds. The quantitative estimate of drug-likeness (QED) is 0.519. The Balaban J connectivity index is 1.36. The molecule has 6 nitrogen and oxygen atoms in total. The molecule has 3 aromatic carbocycles. The summed E-state index contributed by atoms with van der Waals surface area (Å²) in [6, 6.07) is 23.7. The zero-order valence-corrected chi connectivity index (χ0v) is 20.6. The van der Waals surface area contributed by atoms with Gasteiger partial charge >= 0.3 is 5.97 Å². The van der Waals surface area contributed by atoms with Crippen LogP contribution in [-0.2, 0) is 16.9 Å². The number of ether oxygens (including phenoxy) is 1. The van der Waals surface area contributed by atoms with Gasteiger partial charge in [0, 0.05) is 31.5 Å². The first kappa shape index (κ1) is 24.1. The average molecular weight is 485 g/mol. The van der Waals surface area contributed by atoms with E-state index in [9.17, 15) is 14.7 Å². The molecule has 0 aliphatic carbocycles. The molecule has 1 atom stereocenters. The Labute approximate surface area is 211 Å². The van der Waals surface area contributed by atoms with Gasteiger partial charge in [-0.1, -0.05) is 54.6 Å². The van der Waals surface area contributed by atoms with Gasteiger partial charge in [0.1, 0.15) is 12.4 Å². The monoisotopic (exact) mass is 484 g/mol. The molecule has 2 N–H and O–H groups in total. The second-order valence-corrected chi connectivity index (χ2v) is 9.86. The number of carboxylic acid groups (broad SMARTS) is 1. The van der Waals surface area contributed by atoms with Crippen molar-refractivity contribution < 1.29 is 19.4 Å². The SMILES string of the molecule is CC(=O)NC1(c2ccccc2)CCN(CCC2c3ccccc3COc3ccc(C(=O)O)cc32)CC1. The van der Waals surface area contributed by atoms with Crippen molar-refractivity contribution >= 4 is 11.9 Å². The molecule has 5 rings (SSSR count). The van der Waals surface area contributed by atoms with Crippen molar-refractivity contribution in [1.29, 1.82) is 0 Å². The van der Waals surface area contributed by atoms with E-state index < -0.39 is 5.97 Å². The molecule has 1 unspecified atom stereocenters. The van der Waals surface area contributed by atoms with Crippen LogP contribution in [0.25, 0.3) is 0 Å². The Kier molecular flexibility index (Phi) is 6.79. The number of nitrogens with one attached hydrogen (secondary N) is 1. The minimum atomic E-state index is -0.930. The van der Waals surface area contributed by atoms with Gasteiger partial charge in [0.05, 0.1) is 11.1 Å². The zero-order valence-electron chi connectivity index (χ0n) is 20.6. The number of nitrogens with zero attached hydrogens (tertiary/aromatic N) is 1. The van der Waals surface area contributed by atoms with Crippen LogP contribution >= 0.6 is 0 Å². The van der Waals surface area contributed by atoms with Crippen LogP contribution in [-0.4, -0.2) is 41.5 Å². The highest BCUT2D eigenvalue weighted by Crippen LogP contribution is 2.41. The standard InChI is InChI=1S/C30H32N2O4/c1-21(33)31-30(24-8-3-2-4-9-24)14-17-32(18-15-30)16-13-26-25-10-6-5-7-23(25)20-36-28-12-11-22(29(34)35)19-27(26)28/h2-12,19,26H,13-18,20H2,1H3,(H,31,33)(H,34,35). The Morgan fingerprint density at radius 1 is 1.00 bits per heavy atom. The number of carbonyl (C=O) groups is 2. The molecule has 2 aliphatic rings. The molecule has 0 radical (unpaired) electrons. The van der Waals surface area contributed by atoms with E-state index in [4.69, 9.17) is 4.74 Å². The molecular weight excluding hydrogens is 452 g/mol. The maximum atomic E-state index is 12.1. The lowest BCUT2D eigenvalue weighted by Gasteiger charge is -2.43. The van der Waals surface area contributed by atoms with E-state index in [0.717, 1.165) is 61.3 Å². The molecule has 6 heteroatoms. The van der Waals surface area contributed by atoms with Crippen molar-refractivity contribution in [3.63, 3.8) is 0 Å². The van der Waals surface area contributed by atoms with Gasteiger partial charge in [-0.3, -0.25) is 4.79 Å².